The number of aryl methyl sites for hydroxylation is 1. The quantitative estimate of drug-likeness (QED) is 0.704. The summed E-state index contributed by atoms with van der Waals surface area (Å²) in [5, 5.41) is 0. The Balaban J connectivity index is 2.34. The average molecular weight is 219 g/mol. The van der Waals surface area contributed by atoms with Gasteiger partial charge in [-0.25, -0.2) is 0 Å². The molecular formula is C12H13NO3. The molecule has 1 fully saturated rings. The lowest BCUT2D eigenvalue weighted by Crippen LogP contribution is -2.25. The summed E-state index contributed by atoms with van der Waals surface area (Å²) in [6, 6.07) is 5.45. The largest absolute Gasteiger partial charge is 0.497 e. The summed E-state index contributed by atoms with van der Waals surface area (Å²) in [6.07, 6.45) is 0.0193. The molecule has 0 bridgehead atoms. The van der Waals surface area contributed by atoms with Crippen molar-refractivity contribution < 1.29 is 14.3 Å². The molecule has 1 aliphatic heterocycles. The average Bonchev–Trinajstić information content (AvgIpc) is 2.57. The van der Waals surface area contributed by atoms with Gasteiger partial charge in [0.2, 0.25) is 5.91 Å². The van der Waals surface area contributed by atoms with E-state index in [-0.39, 0.29) is 24.7 Å². The monoisotopic (exact) mass is 219 g/mol. The fourth-order valence-corrected chi connectivity index (χ4v) is 1.86. The number of amides is 1. The normalized spacial score (nSPS) is 15.8. The van der Waals surface area contributed by atoms with Crippen molar-refractivity contribution in [2.24, 2.45) is 0 Å². The predicted octanol–water partition coefficient (Wildman–Crippen LogP) is 1.31. The predicted molar refractivity (Wildman–Crippen MR) is 59.7 cm³/mol. The van der Waals surface area contributed by atoms with Gasteiger partial charge in [-0.1, -0.05) is 0 Å². The number of hydrogen-bond donors (Lipinski definition) is 0. The van der Waals surface area contributed by atoms with E-state index >= 15 is 0 Å². The Kier molecular flexibility index (Phi) is 2.64. The van der Waals surface area contributed by atoms with Gasteiger partial charge >= 0.3 is 0 Å². The van der Waals surface area contributed by atoms with E-state index in [4.69, 9.17) is 4.74 Å². The van der Waals surface area contributed by atoms with Crippen LogP contribution in [0.2, 0.25) is 0 Å². The number of ether oxygens (including phenoxy) is 1. The number of hydrogen-bond acceptors (Lipinski definition) is 3. The molecule has 2 rings (SSSR count). The van der Waals surface area contributed by atoms with E-state index in [1.54, 1.807) is 13.2 Å². The molecule has 0 atom stereocenters. The van der Waals surface area contributed by atoms with E-state index < -0.39 is 0 Å². The Bertz CT molecular complexity index is 454. The number of benzene rings is 1. The van der Waals surface area contributed by atoms with Crippen LogP contribution in [0.1, 0.15) is 12.0 Å². The van der Waals surface area contributed by atoms with Crippen LogP contribution < -0.4 is 9.64 Å². The Morgan fingerprint density at radius 2 is 2.06 bits per heavy atom. The second-order valence-electron chi connectivity index (χ2n) is 3.85. The number of nitrogens with zero attached hydrogens (tertiary/aromatic N) is 1. The smallest absolute Gasteiger partial charge is 0.234 e. The zero-order chi connectivity index (χ0) is 11.7. The molecule has 1 amide bonds. The van der Waals surface area contributed by atoms with Crippen LogP contribution in [0.5, 0.6) is 5.75 Å². The Hall–Kier alpha value is -1.84. The molecule has 16 heavy (non-hydrogen) atoms. The lowest BCUT2D eigenvalue weighted by Gasteiger charge is -2.17. The Morgan fingerprint density at radius 3 is 2.56 bits per heavy atom. The topological polar surface area (TPSA) is 46.6 Å². The number of rotatable bonds is 2. The van der Waals surface area contributed by atoms with Gasteiger partial charge in [0, 0.05) is 5.69 Å². The molecule has 1 aromatic rings. The number of methoxy groups -OCH3 is 1. The fraction of sp³-hybridized carbons (Fsp3) is 0.333. The molecule has 0 radical (unpaired) electrons. The summed E-state index contributed by atoms with van der Waals surface area (Å²) < 4.78 is 5.09. The highest BCUT2D eigenvalue weighted by molar-refractivity contribution is 6.15. The first kappa shape index (κ1) is 10.7. The van der Waals surface area contributed by atoms with E-state index in [1.165, 1.54) is 4.90 Å². The Morgan fingerprint density at radius 1 is 1.31 bits per heavy atom. The maximum absolute atomic E-state index is 11.6. The summed E-state index contributed by atoms with van der Waals surface area (Å²) in [5.41, 5.74) is 1.72. The van der Waals surface area contributed by atoms with Gasteiger partial charge in [-0.3, -0.25) is 9.59 Å². The first-order chi connectivity index (χ1) is 7.61. The lowest BCUT2D eigenvalue weighted by atomic mass is 10.1. The minimum Gasteiger partial charge on any atom is -0.497 e. The van der Waals surface area contributed by atoms with E-state index in [9.17, 15) is 9.59 Å². The third kappa shape index (κ3) is 1.78. The molecule has 1 aliphatic rings. The lowest BCUT2D eigenvalue weighted by molar-refractivity contribution is -0.121. The molecule has 0 aliphatic carbocycles. The van der Waals surface area contributed by atoms with Crippen molar-refractivity contribution in [3.8, 4) is 5.75 Å². The van der Waals surface area contributed by atoms with Gasteiger partial charge in [-0.15, -0.1) is 0 Å². The zero-order valence-corrected chi connectivity index (χ0v) is 9.32. The van der Waals surface area contributed by atoms with E-state index in [0.717, 1.165) is 17.0 Å². The van der Waals surface area contributed by atoms with Gasteiger partial charge in [0.05, 0.1) is 20.1 Å². The first-order valence-electron chi connectivity index (χ1n) is 5.08. The summed E-state index contributed by atoms with van der Waals surface area (Å²) in [7, 11) is 1.60. The number of anilines is 1. The molecule has 0 spiro atoms. The van der Waals surface area contributed by atoms with Crippen LogP contribution in [0.3, 0.4) is 0 Å². The van der Waals surface area contributed by atoms with Crippen LogP contribution in [0, 0.1) is 6.92 Å². The summed E-state index contributed by atoms with van der Waals surface area (Å²) >= 11 is 0. The highest BCUT2D eigenvalue weighted by Gasteiger charge is 2.29. The van der Waals surface area contributed by atoms with Crippen LogP contribution in [0.15, 0.2) is 18.2 Å². The second-order valence-corrected chi connectivity index (χ2v) is 3.85. The Labute approximate surface area is 93.8 Å². The zero-order valence-electron chi connectivity index (χ0n) is 9.32. The first-order valence-corrected chi connectivity index (χ1v) is 5.08. The van der Waals surface area contributed by atoms with Crippen LogP contribution in [-0.4, -0.2) is 25.3 Å². The molecule has 0 saturated carbocycles. The van der Waals surface area contributed by atoms with Gasteiger partial charge < -0.3 is 9.64 Å². The van der Waals surface area contributed by atoms with Crippen molar-refractivity contribution in [1.29, 1.82) is 0 Å². The van der Waals surface area contributed by atoms with Crippen LogP contribution in [-0.2, 0) is 9.59 Å². The molecule has 4 nitrogen and oxygen atoms in total. The number of carbonyl (C=O) groups is 2. The third-order valence-corrected chi connectivity index (χ3v) is 2.68. The fourth-order valence-electron chi connectivity index (χ4n) is 1.86. The summed E-state index contributed by atoms with van der Waals surface area (Å²) in [6.45, 7) is 2.08. The standard InChI is InChI=1S/C12H13NO3/c1-8-5-10(16-2)3-4-11(8)13-7-9(14)6-12(13)15/h3-5H,6-7H2,1-2H3. The van der Waals surface area contributed by atoms with Crippen LogP contribution >= 0.6 is 0 Å². The third-order valence-electron chi connectivity index (χ3n) is 2.68. The van der Waals surface area contributed by atoms with Gasteiger partial charge in [0.1, 0.15) is 5.75 Å². The molecule has 0 N–H and O–H groups in total. The highest BCUT2D eigenvalue weighted by Crippen LogP contribution is 2.27. The molecule has 4 heteroatoms. The van der Waals surface area contributed by atoms with Crippen LogP contribution in [0.25, 0.3) is 0 Å². The number of Topliss-reactive ketones (excluding diaryl/α,β-unsaturated/α-hetero) is 1. The molecule has 0 aromatic heterocycles. The van der Waals surface area contributed by atoms with Gasteiger partial charge in [0.15, 0.2) is 5.78 Å². The van der Waals surface area contributed by atoms with E-state index in [2.05, 4.69) is 0 Å². The van der Waals surface area contributed by atoms with Crippen molar-refractivity contribution in [2.75, 3.05) is 18.6 Å². The van der Waals surface area contributed by atoms with Gasteiger partial charge in [-0.2, -0.15) is 0 Å². The van der Waals surface area contributed by atoms with Crippen LogP contribution in [0.4, 0.5) is 5.69 Å². The molecule has 1 saturated heterocycles. The minimum absolute atomic E-state index is 0.0193. The molecule has 1 heterocycles. The van der Waals surface area contributed by atoms with Crippen molar-refractivity contribution in [2.45, 2.75) is 13.3 Å². The second kappa shape index (κ2) is 3.96. The van der Waals surface area contributed by atoms with Crippen molar-refractivity contribution in [3.05, 3.63) is 23.8 Å². The van der Waals surface area contributed by atoms with Crippen molar-refractivity contribution in [1.82, 2.24) is 0 Å². The number of carbonyl (C=O) groups excluding carboxylic acids is 2. The van der Waals surface area contributed by atoms with E-state index in [1.807, 2.05) is 19.1 Å². The van der Waals surface area contributed by atoms with Crippen molar-refractivity contribution >= 4 is 17.4 Å². The molecule has 1 aromatic carbocycles. The molecular weight excluding hydrogens is 206 g/mol. The SMILES string of the molecule is COc1ccc(N2CC(=O)CC2=O)c(C)c1. The molecule has 84 valence electrons. The number of ketones is 1. The van der Waals surface area contributed by atoms with Gasteiger partial charge in [-0.05, 0) is 30.7 Å². The van der Waals surface area contributed by atoms with Gasteiger partial charge in [0.25, 0.3) is 0 Å². The maximum atomic E-state index is 11.6. The minimum atomic E-state index is -0.127. The maximum Gasteiger partial charge on any atom is 0.234 e. The summed E-state index contributed by atoms with van der Waals surface area (Å²) in [5.74, 6) is 0.595. The van der Waals surface area contributed by atoms with E-state index in [0.29, 0.717) is 0 Å². The summed E-state index contributed by atoms with van der Waals surface area (Å²) in [4.78, 5) is 24.3. The highest BCUT2D eigenvalue weighted by atomic mass is 16.5. The van der Waals surface area contributed by atoms with Crippen molar-refractivity contribution in [3.63, 3.8) is 0 Å². The molecule has 0 unspecified atom stereocenters.